The molecule has 0 N–H and O–H groups in total. The second kappa shape index (κ2) is 8.25. The van der Waals surface area contributed by atoms with Crippen LogP contribution in [-0.4, -0.2) is 29.9 Å². The third-order valence-electron chi connectivity index (χ3n) is 4.86. The zero-order chi connectivity index (χ0) is 20.1. The van der Waals surface area contributed by atoms with Gasteiger partial charge in [0.05, 0.1) is 5.41 Å². The van der Waals surface area contributed by atoms with Crippen LogP contribution in [0.3, 0.4) is 0 Å². The first-order chi connectivity index (χ1) is 13.4. The molecule has 0 bridgehead atoms. The van der Waals surface area contributed by atoms with Gasteiger partial charge in [-0.15, -0.1) is 0 Å². The van der Waals surface area contributed by atoms with E-state index in [-0.39, 0.29) is 11.7 Å². The predicted octanol–water partition coefficient (Wildman–Crippen LogP) is 4.16. The lowest BCUT2D eigenvalue weighted by molar-refractivity contribution is -0.222. The number of para-hydroxylation sites is 1. The Morgan fingerprint density at radius 1 is 1.04 bits per heavy atom. The number of carbonyl (C=O) groups is 2. The van der Waals surface area contributed by atoms with Crippen molar-refractivity contribution in [1.29, 1.82) is 0 Å². The molecule has 0 unspecified atom stereocenters. The minimum absolute atomic E-state index is 0.164. The number of benzene rings is 2. The lowest BCUT2D eigenvalue weighted by Gasteiger charge is -2.32. The molecular weight excluding hydrogens is 361 g/mol. The number of carbonyl (C=O) groups excluding carboxylic acids is 2. The molecule has 5 nitrogen and oxygen atoms in total. The highest BCUT2D eigenvalue weighted by molar-refractivity contribution is 5.94. The molecule has 0 fully saturated rings. The zero-order valence-electron chi connectivity index (χ0n) is 15.9. The second-order valence-electron chi connectivity index (χ2n) is 7.13. The molecular formula is C22H22FNO4. The zero-order valence-corrected chi connectivity index (χ0v) is 15.9. The fraction of sp³-hybridized carbons (Fsp3) is 0.273. The van der Waals surface area contributed by atoms with Gasteiger partial charge in [0.1, 0.15) is 5.82 Å². The van der Waals surface area contributed by atoms with Crippen LogP contribution in [0.4, 0.5) is 4.39 Å². The van der Waals surface area contributed by atoms with Crippen molar-refractivity contribution in [2.45, 2.75) is 20.3 Å². The van der Waals surface area contributed by atoms with Gasteiger partial charge in [-0.3, -0.25) is 9.68 Å². The first-order valence-corrected chi connectivity index (χ1v) is 9.06. The van der Waals surface area contributed by atoms with E-state index in [9.17, 15) is 14.0 Å². The van der Waals surface area contributed by atoms with Crippen molar-refractivity contribution < 1.29 is 23.8 Å². The van der Waals surface area contributed by atoms with Gasteiger partial charge in [-0.1, -0.05) is 29.8 Å². The van der Waals surface area contributed by atoms with Crippen molar-refractivity contribution in [3.63, 3.8) is 0 Å². The lowest BCUT2D eigenvalue weighted by atomic mass is 9.81. The van der Waals surface area contributed by atoms with Crippen LogP contribution in [0.5, 0.6) is 5.75 Å². The monoisotopic (exact) mass is 383 g/mol. The quantitative estimate of drug-likeness (QED) is 0.442. The summed E-state index contributed by atoms with van der Waals surface area (Å²) in [6.07, 6.45) is 2.41. The summed E-state index contributed by atoms with van der Waals surface area (Å²) < 4.78 is 13.0. The summed E-state index contributed by atoms with van der Waals surface area (Å²) >= 11 is 0. The summed E-state index contributed by atoms with van der Waals surface area (Å²) in [5.74, 6) is -0.597. The molecule has 1 aliphatic rings. The molecule has 0 saturated carbocycles. The smallest absolute Gasteiger partial charge is 0.335 e. The van der Waals surface area contributed by atoms with E-state index in [1.165, 1.54) is 24.3 Å². The predicted molar refractivity (Wildman–Crippen MR) is 102 cm³/mol. The molecule has 6 heteroatoms. The molecule has 0 radical (unpaired) electrons. The van der Waals surface area contributed by atoms with E-state index in [1.54, 1.807) is 43.0 Å². The van der Waals surface area contributed by atoms with E-state index in [0.29, 0.717) is 30.8 Å². The molecule has 2 aromatic carbocycles. The van der Waals surface area contributed by atoms with Gasteiger partial charge in [0.15, 0.2) is 5.75 Å². The third kappa shape index (κ3) is 4.39. The molecule has 146 valence electrons. The number of halogens is 1. The molecule has 0 atom stereocenters. The molecule has 2 aromatic rings. The van der Waals surface area contributed by atoms with Crippen LogP contribution in [-0.2, 0) is 9.68 Å². The molecule has 0 aromatic heterocycles. The average molecular weight is 383 g/mol. The molecule has 1 aliphatic heterocycles. The Kier molecular flexibility index (Phi) is 5.78. The highest BCUT2D eigenvalue weighted by Crippen LogP contribution is 2.33. The largest absolute Gasteiger partial charge is 0.364 e. The van der Waals surface area contributed by atoms with Gasteiger partial charge in [-0.25, -0.2) is 14.1 Å². The van der Waals surface area contributed by atoms with E-state index >= 15 is 0 Å². The Morgan fingerprint density at radius 2 is 1.71 bits per heavy atom. The molecule has 28 heavy (non-hydrogen) atoms. The molecule has 0 aliphatic carbocycles. The van der Waals surface area contributed by atoms with Crippen molar-refractivity contribution in [1.82, 2.24) is 4.90 Å². The van der Waals surface area contributed by atoms with Crippen molar-refractivity contribution in [2.75, 3.05) is 13.1 Å². The highest BCUT2D eigenvalue weighted by Gasteiger charge is 2.36. The van der Waals surface area contributed by atoms with Crippen LogP contribution in [0.15, 0.2) is 66.2 Å². The Morgan fingerprint density at radius 3 is 2.32 bits per heavy atom. The lowest BCUT2D eigenvalue weighted by Crippen LogP contribution is -2.39. The number of hydrogen-bond acceptors (Lipinski definition) is 4. The number of rotatable bonds is 5. The van der Waals surface area contributed by atoms with Gasteiger partial charge in [0.25, 0.3) is 5.91 Å². The standard InChI is InChI=1S/C22H22FNO4/c1-22(2,21(26)28-27-19-6-4-3-5-7-19)17-12-14-24(15-13-17)20(25)16-8-10-18(23)11-9-16/h3-12H,13-15H2,1-2H3. The number of nitrogens with zero attached hydrogens (tertiary/aromatic N) is 1. The summed E-state index contributed by atoms with van der Waals surface area (Å²) in [6, 6.07) is 14.3. The van der Waals surface area contributed by atoms with E-state index < -0.39 is 11.4 Å². The van der Waals surface area contributed by atoms with Crippen LogP contribution in [0.2, 0.25) is 0 Å². The van der Waals surface area contributed by atoms with Crippen molar-refractivity contribution in [2.24, 2.45) is 5.41 Å². The Hall–Kier alpha value is -3.15. The van der Waals surface area contributed by atoms with Crippen LogP contribution in [0.1, 0.15) is 30.6 Å². The maximum atomic E-state index is 13.0. The van der Waals surface area contributed by atoms with Gasteiger partial charge in [-0.05, 0) is 56.7 Å². The summed E-state index contributed by atoms with van der Waals surface area (Å²) in [5.41, 5.74) is 0.449. The molecule has 1 heterocycles. The SMILES string of the molecule is CC(C)(C(=O)OOc1ccccc1)C1=CCN(C(=O)c2ccc(F)cc2)CC1. The summed E-state index contributed by atoms with van der Waals surface area (Å²) in [6.45, 7) is 4.39. The number of amides is 1. The van der Waals surface area contributed by atoms with Crippen LogP contribution < -0.4 is 4.89 Å². The third-order valence-corrected chi connectivity index (χ3v) is 4.86. The van der Waals surface area contributed by atoms with Gasteiger partial charge >= 0.3 is 5.97 Å². The van der Waals surface area contributed by atoms with Gasteiger partial charge in [0, 0.05) is 18.7 Å². The first-order valence-electron chi connectivity index (χ1n) is 9.06. The fourth-order valence-electron chi connectivity index (χ4n) is 2.99. The first kappa shape index (κ1) is 19.6. The van der Waals surface area contributed by atoms with E-state index in [4.69, 9.17) is 9.78 Å². The van der Waals surface area contributed by atoms with Gasteiger partial charge < -0.3 is 4.90 Å². The van der Waals surface area contributed by atoms with Crippen LogP contribution in [0, 0.1) is 11.2 Å². The van der Waals surface area contributed by atoms with Crippen molar-refractivity contribution in [3.05, 3.63) is 77.6 Å². The number of hydrogen-bond donors (Lipinski definition) is 0. The summed E-state index contributed by atoms with van der Waals surface area (Å²) in [5, 5.41) is 0. The Balaban J connectivity index is 1.61. The van der Waals surface area contributed by atoms with Gasteiger partial charge in [-0.2, -0.15) is 0 Å². The molecule has 1 amide bonds. The van der Waals surface area contributed by atoms with Crippen molar-refractivity contribution in [3.8, 4) is 5.75 Å². The topological polar surface area (TPSA) is 55.8 Å². The summed E-state index contributed by atoms with van der Waals surface area (Å²) in [4.78, 5) is 36.8. The summed E-state index contributed by atoms with van der Waals surface area (Å²) in [7, 11) is 0. The van der Waals surface area contributed by atoms with Gasteiger partial charge in [0.2, 0.25) is 0 Å². The van der Waals surface area contributed by atoms with Crippen LogP contribution >= 0.6 is 0 Å². The Bertz CT molecular complexity index is 875. The van der Waals surface area contributed by atoms with Crippen molar-refractivity contribution >= 4 is 11.9 Å². The highest BCUT2D eigenvalue weighted by atomic mass is 19.1. The van der Waals surface area contributed by atoms with Crippen LogP contribution in [0.25, 0.3) is 0 Å². The van der Waals surface area contributed by atoms with E-state index in [2.05, 4.69) is 0 Å². The molecule has 0 spiro atoms. The maximum Gasteiger partial charge on any atom is 0.364 e. The Labute approximate surface area is 163 Å². The molecule has 3 rings (SSSR count). The average Bonchev–Trinajstić information content (AvgIpc) is 2.73. The normalized spacial score (nSPS) is 14.2. The minimum atomic E-state index is -0.875. The fourth-order valence-corrected chi connectivity index (χ4v) is 2.99. The van der Waals surface area contributed by atoms with E-state index in [1.807, 2.05) is 12.1 Å². The minimum Gasteiger partial charge on any atom is -0.335 e. The second-order valence-corrected chi connectivity index (χ2v) is 7.13. The van der Waals surface area contributed by atoms with E-state index in [0.717, 1.165) is 5.57 Å². The maximum absolute atomic E-state index is 13.0. The molecule has 0 saturated heterocycles.